The van der Waals surface area contributed by atoms with Gasteiger partial charge in [-0.15, -0.1) is 0 Å². The van der Waals surface area contributed by atoms with Crippen LogP contribution in [-0.4, -0.2) is 6.98 Å². The summed E-state index contributed by atoms with van der Waals surface area (Å²) in [5.74, 6) is 0.512. The van der Waals surface area contributed by atoms with E-state index >= 15 is 0 Å². The molecule has 0 N–H and O–H groups in total. The third-order valence-electron chi connectivity index (χ3n) is 3.67. The van der Waals surface area contributed by atoms with Crippen molar-refractivity contribution in [2.45, 2.75) is 52.8 Å². The Morgan fingerprint density at radius 1 is 1.00 bits per heavy atom. The predicted octanol–water partition coefficient (Wildman–Crippen LogP) is 4.69. The first kappa shape index (κ1) is 12.9. The Bertz CT molecular complexity index is 197. The van der Waals surface area contributed by atoms with E-state index in [1.165, 1.54) is 0 Å². The Hall–Kier alpha value is -0.145. The summed E-state index contributed by atoms with van der Waals surface area (Å²) in [6, 6.07) is 0. The fourth-order valence-corrected chi connectivity index (χ4v) is 2.64. The van der Waals surface area contributed by atoms with Gasteiger partial charge in [-0.3, -0.25) is 0 Å². The lowest BCUT2D eigenvalue weighted by Crippen LogP contribution is -2.28. The van der Waals surface area contributed by atoms with Crippen molar-refractivity contribution in [2.24, 2.45) is 17.3 Å². The number of halogens is 3. The highest BCUT2D eigenvalue weighted by atomic mass is 19.4. The van der Waals surface area contributed by atoms with Gasteiger partial charge < -0.3 is 12.9 Å². The molecule has 1 rings (SSSR count). The first-order valence-corrected chi connectivity index (χ1v) is 5.89. The minimum Gasteiger partial charge on any atom is -0.449 e. The first-order valence-electron chi connectivity index (χ1n) is 5.89. The molecule has 0 nitrogen and oxygen atoms in total. The van der Waals surface area contributed by atoms with Gasteiger partial charge in [-0.05, 0) is 24.2 Å². The van der Waals surface area contributed by atoms with Crippen LogP contribution in [0.3, 0.4) is 0 Å². The minimum absolute atomic E-state index is 0.0939. The van der Waals surface area contributed by atoms with Crippen LogP contribution in [0.15, 0.2) is 0 Å². The van der Waals surface area contributed by atoms with Crippen LogP contribution in [0, 0.1) is 17.3 Å². The molecule has 1 fully saturated rings. The zero-order valence-electron chi connectivity index (χ0n) is 9.90. The second kappa shape index (κ2) is 4.38. The largest absolute Gasteiger partial charge is 0.478 e. The summed E-state index contributed by atoms with van der Waals surface area (Å²) in [7, 11) is 0. The van der Waals surface area contributed by atoms with Crippen LogP contribution in [0.25, 0.3) is 0 Å². The lowest BCUT2D eigenvalue weighted by atomic mass is 9.65. The Balaban J connectivity index is 2.37. The van der Waals surface area contributed by atoms with E-state index in [0.29, 0.717) is 5.92 Å². The van der Waals surface area contributed by atoms with Gasteiger partial charge in [-0.2, -0.15) is 0 Å². The second-order valence-corrected chi connectivity index (χ2v) is 6.03. The van der Waals surface area contributed by atoms with Crippen molar-refractivity contribution in [3.63, 3.8) is 0 Å². The van der Waals surface area contributed by atoms with Crippen LogP contribution >= 0.6 is 0 Å². The number of hydrogen-bond acceptors (Lipinski definition) is 0. The van der Waals surface area contributed by atoms with Gasteiger partial charge in [0.05, 0.1) is 0 Å². The molecule has 1 aliphatic rings. The molecule has 0 aromatic rings. The molecular formula is C11H21BF3-. The van der Waals surface area contributed by atoms with E-state index in [9.17, 15) is 12.9 Å². The van der Waals surface area contributed by atoms with Gasteiger partial charge in [-0.25, -0.2) is 0 Å². The minimum atomic E-state index is -4.58. The average Bonchev–Trinajstić information content (AvgIpc) is 2.00. The molecule has 0 amide bonds. The highest BCUT2D eigenvalue weighted by Crippen LogP contribution is 2.42. The number of hydrogen-bond donors (Lipinski definition) is 0. The maximum absolute atomic E-state index is 12.2. The molecule has 1 saturated carbocycles. The molecule has 1 aliphatic carbocycles. The molecular weight excluding hydrogens is 200 g/mol. The highest BCUT2D eigenvalue weighted by Gasteiger charge is 2.33. The van der Waals surface area contributed by atoms with Gasteiger partial charge in [-0.1, -0.05) is 45.9 Å². The zero-order valence-corrected chi connectivity index (χ0v) is 9.90. The smallest absolute Gasteiger partial charge is 0.449 e. The standard InChI is InChI=1S/C11H21BF3/c1-11(2,3)10-6-4-9(5-7-10)8-12(13,14)15/h9-10H,4-8H2,1-3H3/q-1. The van der Waals surface area contributed by atoms with E-state index in [1.807, 2.05) is 0 Å². The highest BCUT2D eigenvalue weighted by molar-refractivity contribution is 6.58. The molecule has 0 aromatic heterocycles. The van der Waals surface area contributed by atoms with Crippen molar-refractivity contribution in [3.05, 3.63) is 0 Å². The van der Waals surface area contributed by atoms with E-state index in [4.69, 9.17) is 0 Å². The van der Waals surface area contributed by atoms with Crippen molar-refractivity contribution >= 4 is 6.98 Å². The van der Waals surface area contributed by atoms with Crippen LogP contribution < -0.4 is 0 Å². The van der Waals surface area contributed by atoms with Crippen molar-refractivity contribution in [1.82, 2.24) is 0 Å². The monoisotopic (exact) mass is 221 g/mol. The summed E-state index contributed by atoms with van der Waals surface area (Å²) in [6.45, 7) is 1.98. The van der Waals surface area contributed by atoms with Crippen LogP contribution in [0.4, 0.5) is 12.9 Å². The van der Waals surface area contributed by atoms with Gasteiger partial charge in [0, 0.05) is 0 Å². The quantitative estimate of drug-likeness (QED) is 0.593. The third kappa shape index (κ3) is 4.48. The average molecular weight is 221 g/mol. The van der Waals surface area contributed by atoms with E-state index in [-0.39, 0.29) is 11.3 Å². The Morgan fingerprint density at radius 2 is 1.47 bits per heavy atom. The SMILES string of the molecule is CC(C)(C)C1CCC(C[B-](F)(F)F)CC1. The summed E-state index contributed by atoms with van der Waals surface area (Å²) >= 11 is 0. The molecule has 0 heterocycles. The molecule has 15 heavy (non-hydrogen) atoms. The van der Waals surface area contributed by atoms with Crippen molar-refractivity contribution in [3.8, 4) is 0 Å². The van der Waals surface area contributed by atoms with Crippen LogP contribution in [0.2, 0.25) is 6.32 Å². The van der Waals surface area contributed by atoms with Crippen LogP contribution in [0.1, 0.15) is 46.5 Å². The molecule has 0 aromatic carbocycles. The normalized spacial score (nSPS) is 29.2. The van der Waals surface area contributed by atoms with E-state index in [2.05, 4.69) is 20.8 Å². The van der Waals surface area contributed by atoms with Gasteiger partial charge in [0.25, 0.3) is 0 Å². The van der Waals surface area contributed by atoms with Gasteiger partial charge in [0.1, 0.15) is 0 Å². The maximum atomic E-state index is 12.2. The van der Waals surface area contributed by atoms with Gasteiger partial charge in [0.15, 0.2) is 0 Å². The van der Waals surface area contributed by atoms with Gasteiger partial charge in [0.2, 0.25) is 0 Å². The molecule has 0 aliphatic heterocycles. The molecule has 0 radical (unpaired) electrons. The molecule has 0 atom stereocenters. The molecule has 4 heteroatoms. The molecule has 0 bridgehead atoms. The summed E-state index contributed by atoms with van der Waals surface area (Å²) in [4.78, 5) is 0. The van der Waals surface area contributed by atoms with E-state index in [1.54, 1.807) is 0 Å². The molecule has 90 valence electrons. The third-order valence-corrected chi connectivity index (χ3v) is 3.67. The Kier molecular flexibility index (Phi) is 3.78. The molecule has 0 saturated heterocycles. The van der Waals surface area contributed by atoms with Crippen LogP contribution in [-0.2, 0) is 0 Å². The fraction of sp³-hybridized carbons (Fsp3) is 1.00. The summed E-state index contributed by atoms with van der Waals surface area (Å²) < 4.78 is 36.7. The van der Waals surface area contributed by atoms with Crippen LogP contribution in [0.5, 0.6) is 0 Å². The summed E-state index contributed by atoms with van der Waals surface area (Å²) in [6.07, 6.45) is 2.96. The topological polar surface area (TPSA) is 0 Å². The molecule has 0 spiro atoms. The number of rotatable bonds is 2. The van der Waals surface area contributed by atoms with E-state index in [0.717, 1.165) is 25.7 Å². The lowest BCUT2D eigenvalue weighted by molar-refractivity contribution is 0.152. The summed E-state index contributed by atoms with van der Waals surface area (Å²) in [5, 5.41) is 0. The Labute approximate surface area is 90.7 Å². The summed E-state index contributed by atoms with van der Waals surface area (Å²) in [5.41, 5.74) is 0.258. The van der Waals surface area contributed by atoms with Crippen molar-refractivity contribution < 1.29 is 12.9 Å². The predicted molar refractivity (Wildman–Crippen MR) is 58.8 cm³/mol. The van der Waals surface area contributed by atoms with E-state index < -0.39 is 13.3 Å². The fourth-order valence-electron chi connectivity index (χ4n) is 2.64. The lowest BCUT2D eigenvalue weighted by Gasteiger charge is -2.38. The molecule has 0 unspecified atom stereocenters. The van der Waals surface area contributed by atoms with Crippen molar-refractivity contribution in [2.75, 3.05) is 0 Å². The van der Waals surface area contributed by atoms with Gasteiger partial charge >= 0.3 is 6.98 Å². The van der Waals surface area contributed by atoms with Crippen molar-refractivity contribution in [1.29, 1.82) is 0 Å². The Morgan fingerprint density at radius 3 is 1.80 bits per heavy atom. The maximum Gasteiger partial charge on any atom is 0.478 e. The zero-order chi connectivity index (χ0) is 11.7. The second-order valence-electron chi connectivity index (χ2n) is 6.03. The first-order chi connectivity index (χ1) is 6.68.